The highest BCUT2D eigenvalue weighted by Gasteiger charge is 2.21. The topological polar surface area (TPSA) is 92.4 Å². The summed E-state index contributed by atoms with van der Waals surface area (Å²) in [4.78, 5) is 4.19. The molecular formula is C19H20N2O4S. The number of aromatic nitrogens is 1. The molecule has 2 aromatic carbocycles. The third-order valence-corrected chi connectivity index (χ3v) is 5.28. The molecule has 0 fully saturated rings. The Labute approximate surface area is 152 Å². The van der Waals surface area contributed by atoms with E-state index >= 15 is 0 Å². The summed E-state index contributed by atoms with van der Waals surface area (Å²) in [6.07, 6.45) is 2.83. The minimum absolute atomic E-state index is 0.0177. The van der Waals surface area contributed by atoms with Crippen LogP contribution < -0.4 is 4.72 Å². The molecule has 0 amide bonds. The van der Waals surface area contributed by atoms with E-state index in [9.17, 15) is 13.5 Å². The first-order chi connectivity index (χ1) is 12.2. The molecule has 0 saturated carbocycles. The molecule has 0 bridgehead atoms. The molecule has 0 aliphatic rings. The van der Waals surface area contributed by atoms with Crippen LogP contribution in [-0.4, -0.2) is 18.5 Å². The zero-order valence-electron chi connectivity index (χ0n) is 14.7. The summed E-state index contributed by atoms with van der Waals surface area (Å²) < 4.78 is 33.5. The lowest BCUT2D eigenvalue weighted by molar-refractivity contribution is 0.475. The molecule has 6 nitrogen and oxygen atoms in total. The molecule has 0 spiro atoms. The summed E-state index contributed by atoms with van der Waals surface area (Å²) in [5, 5.41) is 9.73. The van der Waals surface area contributed by atoms with Gasteiger partial charge in [0.2, 0.25) is 5.89 Å². The van der Waals surface area contributed by atoms with Crippen LogP contribution in [0.3, 0.4) is 0 Å². The molecule has 136 valence electrons. The maximum absolute atomic E-state index is 12.9. The number of benzene rings is 2. The van der Waals surface area contributed by atoms with Crippen LogP contribution in [0.15, 0.2) is 64.2 Å². The van der Waals surface area contributed by atoms with Crippen LogP contribution in [-0.2, 0) is 15.4 Å². The molecular weight excluding hydrogens is 352 g/mol. The Bertz CT molecular complexity index is 1020. The molecule has 0 saturated heterocycles. The Morgan fingerprint density at radius 3 is 2.54 bits per heavy atom. The van der Waals surface area contributed by atoms with Crippen LogP contribution in [0.1, 0.15) is 26.3 Å². The lowest BCUT2D eigenvalue weighted by atomic mass is 9.87. The standard InChI is InChI=1S/C19H20N2O4S/c1-19(2,3)13-5-4-6-15(11-13)26(23,24)21-17-8-7-14(22)12-16(17)18-20-9-10-25-18/h4-12,21-22H,1-3H3. The zero-order valence-corrected chi connectivity index (χ0v) is 15.5. The number of aromatic hydroxyl groups is 1. The van der Waals surface area contributed by atoms with E-state index in [-0.39, 0.29) is 27.6 Å². The average molecular weight is 372 g/mol. The van der Waals surface area contributed by atoms with Crippen molar-refractivity contribution in [3.8, 4) is 17.2 Å². The highest BCUT2D eigenvalue weighted by atomic mass is 32.2. The molecule has 1 aromatic heterocycles. The SMILES string of the molecule is CC(C)(C)c1cccc(S(=O)(=O)Nc2ccc(O)cc2-c2ncco2)c1. The molecule has 3 rings (SSSR count). The third kappa shape index (κ3) is 3.72. The van der Waals surface area contributed by atoms with Gasteiger partial charge in [0.25, 0.3) is 10.0 Å². The lowest BCUT2D eigenvalue weighted by Gasteiger charge is -2.20. The minimum atomic E-state index is -3.82. The number of phenolic OH excluding ortho intramolecular Hbond substituents is 1. The van der Waals surface area contributed by atoms with Crippen LogP contribution in [0.25, 0.3) is 11.5 Å². The van der Waals surface area contributed by atoms with Crippen LogP contribution >= 0.6 is 0 Å². The van der Waals surface area contributed by atoms with Gasteiger partial charge in [-0.2, -0.15) is 0 Å². The molecule has 26 heavy (non-hydrogen) atoms. The van der Waals surface area contributed by atoms with Crippen LogP contribution in [0, 0.1) is 0 Å². The average Bonchev–Trinajstić information content (AvgIpc) is 3.10. The van der Waals surface area contributed by atoms with Gasteiger partial charge >= 0.3 is 0 Å². The number of hydrogen-bond donors (Lipinski definition) is 2. The Kier molecular flexibility index (Phi) is 4.50. The van der Waals surface area contributed by atoms with Crippen molar-refractivity contribution >= 4 is 15.7 Å². The first kappa shape index (κ1) is 18.0. The second kappa shape index (κ2) is 6.49. The number of nitrogens with one attached hydrogen (secondary N) is 1. The van der Waals surface area contributed by atoms with E-state index in [2.05, 4.69) is 9.71 Å². The molecule has 0 aliphatic heterocycles. The predicted octanol–water partition coefficient (Wildman–Crippen LogP) is 4.15. The number of phenols is 1. The number of nitrogens with zero attached hydrogens (tertiary/aromatic N) is 1. The Hall–Kier alpha value is -2.80. The van der Waals surface area contributed by atoms with E-state index in [1.54, 1.807) is 18.2 Å². The van der Waals surface area contributed by atoms with Crippen molar-refractivity contribution in [3.63, 3.8) is 0 Å². The van der Waals surface area contributed by atoms with E-state index in [0.717, 1.165) is 5.56 Å². The van der Waals surface area contributed by atoms with Crippen LogP contribution in [0.2, 0.25) is 0 Å². The molecule has 0 unspecified atom stereocenters. The number of hydrogen-bond acceptors (Lipinski definition) is 5. The van der Waals surface area contributed by atoms with Crippen molar-refractivity contribution in [2.45, 2.75) is 31.1 Å². The lowest BCUT2D eigenvalue weighted by Crippen LogP contribution is -2.16. The van der Waals surface area contributed by atoms with Gasteiger partial charge in [-0.15, -0.1) is 0 Å². The molecule has 0 aliphatic carbocycles. The maximum atomic E-state index is 12.9. The summed E-state index contributed by atoms with van der Waals surface area (Å²) in [6.45, 7) is 6.06. The smallest absolute Gasteiger partial charge is 0.261 e. The van der Waals surface area contributed by atoms with E-state index < -0.39 is 10.0 Å². The fourth-order valence-corrected chi connectivity index (χ4v) is 3.61. The summed E-state index contributed by atoms with van der Waals surface area (Å²) in [5.74, 6) is 0.193. The zero-order chi connectivity index (χ0) is 18.9. The summed E-state index contributed by atoms with van der Waals surface area (Å²) in [7, 11) is -3.82. The van der Waals surface area contributed by atoms with E-state index in [0.29, 0.717) is 5.56 Å². The molecule has 3 aromatic rings. The maximum Gasteiger partial charge on any atom is 0.261 e. The van der Waals surface area contributed by atoms with Gasteiger partial charge in [0, 0.05) is 0 Å². The molecule has 2 N–H and O–H groups in total. The van der Waals surface area contributed by atoms with Crippen molar-refractivity contribution in [2.24, 2.45) is 0 Å². The van der Waals surface area contributed by atoms with Gasteiger partial charge in [-0.05, 0) is 41.3 Å². The van der Waals surface area contributed by atoms with Gasteiger partial charge in [-0.1, -0.05) is 32.9 Å². The second-order valence-electron chi connectivity index (χ2n) is 6.95. The second-order valence-corrected chi connectivity index (χ2v) is 8.63. The summed E-state index contributed by atoms with van der Waals surface area (Å²) in [5.41, 5.74) is 1.36. The van der Waals surface area contributed by atoms with Gasteiger partial charge in [-0.25, -0.2) is 13.4 Å². The first-order valence-electron chi connectivity index (χ1n) is 8.03. The van der Waals surface area contributed by atoms with Crippen molar-refractivity contribution < 1.29 is 17.9 Å². The van der Waals surface area contributed by atoms with Gasteiger partial charge < -0.3 is 9.52 Å². The summed E-state index contributed by atoms with van der Waals surface area (Å²) in [6, 6.07) is 11.1. The van der Waals surface area contributed by atoms with Crippen LogP contribution in [0.5, 0.6) is 5.75 Å². The predicted molar refractivity (Wildman–Crippen MR) is 99.6 cm³/mol. The first-order valence-corrected chi connectivity index (χ1v) is 9.51. The fourth-order valence-electron chi connectivity index (χ4n) is 2.49. The Morgan fingerprint density at radius 2 is 1.88 bits per heavy atom. The monoisotopic (exact) mass is 372 g/mol. The van der Waals surface area contributed by atoms with Crippen molar-refractivity contribution in [2.75, 3.05) is 4.72 Å². The van der Waals surface area contributed by atoms with Crippen molar-refractivity contribution in [3.05, 3.63) is 60.5 Å². The highest BCUT2D eigenvalue weighted by molar-refractivity contribution is 7.92. The van der Waals surface area contributed by atoms with E-state index in [1.807, 2.05) is 26.8 Å². The molecule has 1 heterocycles. The molecule has 0 atom stereocenters. The van der Waals surface area contributed by atoms with Gasteiger partial charge in [0.15, 0.2) is 0 Å². The fraction of sp³-hybridized carbons (Fsp3) is 0.211. The number of rotatable bonds is 4. The summed E-state index contributed by atoms with van der Waals surface area (Å²) >= 11 is 0. The Balaban J connectivity index is 2.02. The number of anilines is 1. The van der Waals surface area contributed by atoms with E-state index in [1.165, 1.54) is 30.7 Å². The minimum Gasteiger partial charge on any atom is -0.508 e. The Morgan fingerprint density at radius 1 is 1.12 bits per heavy atom. The molecule has 0 radical (unpaired) electrons. The van der Waals surface area contributed by atoms with Gasteiger partial charge in [0.05, 0.1) is 22.3 Å². The van der Waals surface area contributed by atoms with Crippen LogP contribution in [0.4, 0.5) is 5.69 Å². The van der Waals surface area contributed by atoms with Crippen molar-refractivity contribution in [1.29, 1.82) is 0 Å². The normalized spacial score (nSPS) is 12.1. The third-order valence-electron chi connectivity index (χ3n) is 3.92. The highest BCUT2D eigenvalue weighted by Crippen LogP contribution is 2.32. The van der Waals surface area contributed by atoms with Crippen molar-refractivity contribution in [1.82, 2.24) is 4.98 Å². The largest absolute Gasteiger partial charge is 0.508 e. The number of oxazole rings is 1. The van der Waals surface area contributed by atoms with Gasteiger partial charge in [-0.3, -0.25) is 4.72 Å². The van der Waals surface area contributed by atoms with Gasteiger partial charge in [0.1, 0.15) is 12.0 Å². The number of sulfonamides is 1. The molecule has 7 heteroatoms. The van der Waals surface area contributed by atoms with E-state index in [4.69, 9.17) is 4.42 Å². The quantitative estimate of drug-likeness (QED) is 0.671.